The minimum atomic E-state index is -0.625. The quantitative estimate of drug-likeness (QED) is 0.355. The highest BCUT2D eigenvalue weighted by Gasteiger charge is 2.33. The Labute approximate surface area is 230 Å². The Hall–Kier alpha value is -2.14. The van der Waals surface area contributed by atoms with Crippen molar-refractivity contribution in [3.63, 3.8) is 0 Å². The van der Waals surface area contributed by atoms with Gasteiger partial charge in [0.15, 0.2) is 0 Å². The Morgan fingerprint density at radius 3 is 2.89 bits per heavy atom. The molecule has 1 aromatic carbocycles. The van der Waals surface area contributed by atoms with Crippen LogP contribution < -0.4 is 16.0 Å². The predicted molar refractivity (Wildman–Crippen MR) is 144 cm³/mol. The molecule has 0 radical (unpaired) electrons. The molecule has 3 rings (SSSR count). The standard InChI is InChI=1S/C27H42ClFN4O5/c1-30-16-21(15-19-7-3-4-13-37-18-19)32-26(34)33-12-6-8-20(17-33)25(38-14-11-31-27(35)36-2)22-9-5-10-23(28)24(22)29/h5,9-10,19-21,25,30H,3-4,6-8,11-18H2,1-2H3,(H,31,35)(H,32,34)/t19-,20-,21?,25?/m1/s1. The number of nitrogens with one attached hydrogen (secondary N) is 3. The number of methoxy groups -OCH3 is 1. The van der Waals surface area contributed by atoms with Gasteiger partial charge in [-0.3, -0.25) is 0 Å². The Balaban J connectivity index is 1.66. The second kappa shape index (κ2) is 16.1. The van der Waals surface area contributed by atoms with Gasteiger partial charge in [0, 0.05) is 56.9 Å². The summed E-state index contributed by atoms with van der Waals surface area (Å²) in [4.78, 5) is 26.5. The average molecular weight is 557 g/mol. The van der Waals surface area contributed by atoms with E-state index >= 15 is 4.39 Å². The molecule has 2 fully saturated rings. The van der Waals surface area contributed by atoms with E-state index in [1.165, 1.54) is 13.2 Å². The van der Waals surface area contributed by atoms with Gasteiger partial charge in [0.1, 0.15) is 5.82 Å². The van der Waals surface area contributed by atoms with Crippen LogP contribution in [-0.2, 0) is 14.2 Å². The molecule has 2 aliphatic heterocycles. The van der Waals surface area contributed by atoms with Crippen molar-refractivity contribution in [3.05, 3.63) is 34.6 Å². The van der Waals surface area contributed by atoms with E-state index < -0.39 is 18.0 Å². The second-order valence-corrected chi connectivity index (χ2v) is 10.5. The zero-order valence-corrected chi connectivity index (χ0v) is 23.2. The third kappa shape index (κ3) is 9.25. The SMILES string of the molecule is CNCC(C[C@H]1CCCCOC1)NC(=O)N1CCC[C@@H](C(OCCNC(=O)OC)c2cccc(Cl)c2F)C1. The summed E-state index contributed by atoms with van der Waals surface area (Å²) < 4.78 is 31.5. The number of ether oxygens (including phenoxy) is 3. The fourth-order valence-corrected chi connectivity index (χ4v) is 5.52. The number of amides is 3. The average Bonchev–Trinajstić information content (AvgIpc) is 3.19. The number of likely N-dealkylation sites (N-methyl/N-ethyl adjacent to an activating group) is 1. The highest BCUT2D eigenvalue weighted by atomic mass is 35.5. The number of carbonyl (C=O) groups excluding carboxylic acids is 2. The number of nitrogens with zero attached hydrogens (tertiary/aromatic N) is 1. The first-order chi connectivity index (χ1) is 18.4. The topological polar surface area (TPSA) is 101 Å². The van der Waals surface area contributed by atoms with Crippen molar-refractivity contribution < 1.29 is 28.2 Å². The summed E-state index contributed by atoms with van der Waals surface area (Å²) in [5.74, 6) is -0.243. The summed E-state index contributed by atoms with van der Waals surface area (Å²) >= 11 is 6.08. The van der Waals surface area contributed by atoms with Crippen LogP contribution in [0.2, 0.25) is 5.02 Å². The summed E-state index contributed by atoms with van der Waals surface area (Å²) in [5, 5.41) is 9.00. The minimum absolute atomic E-state index is 0.0126. The first-order valence-corrected chi connectivity index (χ1v) is 14.0. The smallest absolute Gasteiger partial charge is 0.406 e. The fraction of sp³-hybridized carbons (Fsp3) is 0.704. The first kappa shape index (κ1) is 30.4. The van der Waals surface area contributed by atoms with Crippen LogP contribution in [0.5, 0.6) is 0 Å². The van der Waals surface area contributed by atoms with Gasteiger partial charge in [-0.2, -0.15) is 0 Å². The van der Waals surface area contributed by atoms with Crippen molar-refractivity contribution >= 4 is 23.7 Å². The van der Waals surface area contributed by atoms with Gasteiger partial charge in [0.2, 0.25) is 0 Å². The van der Waals surface area contributed by atoms with Gasteiger partial charge in [0.05, 0.1) is 24.8 Å². The largest absolute Gasteiger partial charge is 0.453 e. The van der Waals surface area contributed by atoms with Gasteiger partial charge < -0.3 is 35.1 Å². The number of hydrogen-bond acceptors (Lipinski definition) is 6. The zero-order valence-electron chi connectivity index (χ0n) is 22.5. The molecule has 2 heterocycles. The number of benzene rings is 1. The van der Waals surface area contributed by atoms with E-state index in [-0.39, 0.29) is 36.2 Å². The Morgan fingerprint density at radius 2 is 2.11 bits per heavy atom. The lowest BCUT2D eigenvalue weighted by molar-refractivity contribution is -0.0106. The van der Waals surface area contributed by atoms with E-state index in [0.29, 0.717) is 31.1 Å². The van der Waals surface area contributed by atoms with Gasteiger partial charge >= 0.3 is 12.1 Å². The maximum absolute atomic E-state index is 15.1. The fourth-order valence-electron chi connectivity index (χ4n) is 5.34. The van der Waals surface area contributed by atoms with E-state index in [9.17, 15) is 9.59 Å². The second-order valence-electron chi connectivity index (χ2n) is 10.1. The Kier molecular flexibility index (Phi) is 12.9. The van der Waals surface area contributed by atoms with Crippen LogP contribution in [0.25, 0.3) is 0 Å². The van der Waals surface area contributed by atoms with Gasteiger partial charge in [-0.1, -0.05) is 30.2 Å². The first-order valence-electron chi connectivity index (χ1n) is 13.6. The molecule has 1 aromatic rings. The van der Waals surface area contributed by atoms with Crippen molar-refractivity contribution in [2.24, 2.45) is 11.8 Å². The molecule has 0 aromatic heterocycles. The maximum Gasteiger partial charge on any atom is 0.406 e. The van der Waals surface area contributed by atoms with Crippen LogP contribution in [0.3, 0.4) is 0 Å². The third-order valence-electron chi connectivity index (χ3n) is 7.22. The van der Waals surface area contributed by atoms with E-state index in [1.807, 2.05) is 7.05 Å². The van der Waals surface area contributed by atoms with E-state index in [0.717, 1.165) is 51.7 Å². The van der Waals surface area contributed by atoms with Crippen molar-refractivity contribution in [1.82, 2.24) is 20.9 Å². The molecule has 0 bridgehead atoms. The van der Waals surface area contributed by atoms with Gasteiger partial charge in [0.25, 0.3) is 0 Å². The monoisotopic (exact) mass is 556 g/mol. The van der Waals surface area contributed by atoms with Crippen LogP contribution in [0.15, 0.2) is 18.2 Å². The van der Waals surface area contributed by atoms with Crippen LogP contribution in [0, 0.1) is 17.7 Å². The third-order valence-corrected chi connectivity index (χ3v) is 7.51. The molecule has 3 N–H and O–H groups in total. The summed E-state index contributed by atoms with van der Waals surface area (Å²) in [6, 6.07) is 4.72. The zero-order chi connectivity index (χ0) is 27.3. The lowest BCUT2D eigenvalue weighted by Crippen LogP contribution is -2.52. The van der Waals surface area contributed by atoms with Crippen molar-refractivity contribution in [2.45, 2.75) is 50.7 Å². The summed E-state index contributed by atoms with van der Waals surface area (Å²) in [6.45, 7) is 3.62. The molecule has 0 spiro atoms. The molecule has 0 saturated carbocycles. The highest BCUT2D eigenvalue weighted by molar-refractivity contribution is 6.30. The van der Waals surface area contributed by atoms with Crippen LogP contribution in [-0.4, -0.2) is 83.2 Å². The molecule has 2 aliphatic rings. The number of hydrogen-bond donors (Lipinski definition) is 3. The maximum atomic E-state index is 15.1. The molecule has 2 unspecified atom stereocenters. The van der Waals surface area contributed by atoms with Crippen molar-refractivity contribution in [1.29, 1.82) is 0 Å². The molecule has 3 amide bonds. The lowest BCUT2D eigenvalue weighted by Gasteiger charge is -2.38. The molecule has 38 heavy (non-hydrogen) atoms. The van der Waals surface area contributed by atoms with Gasteiger partial charge in [-0.15, -0.1) is 0 Å². The van der Waals surface area contributed by atoms with E-state index in [1.54, 1.807) is 17.0 Å². The molecule has 11 heteroatoms. The van der Waals surface area contributed by atoms with Crippen LogP contribution in [0.1, 0.15) is 50.2 Å². The summed E-state index contributed by atoms with van der Waals surface area (Å²) in [7, 11) is 3.17. The normalized spacial score (nSPS) is 21.7. The van der Waals surface area contributed by atoms with E-state index in [2.05, 4.69) is 20.7 Å². The molecular formula is C27H42ClFN4O5. The Bertz CT molecular complexity index is 887. The van der Waals surface area contributed by atoms with Crippen LogP contribution in [0.4, 0.5) is 14.0 Å². The lowest BCUT2D eigenvalue weighted by atomic mass is 9.88. The van der Waals surface area contributed by atoms with Gasteiger partial charge in [-0.05, 0) is 51.1 Å². The number of urea groups is 1. The molecule has 4 atom stereocenters. The van der Waals surface area contributed by atoms with Gasteiger partial charge in [-0.25, -0.2) is 14.0 Å². The van der Waals surface area contributed by atoms with Crippen molar-refractivity contribution in [2.75, 3.05) is 60.2 Å². The molecule has 2 saturated heterocycles. The Morgan fingerprint density at radius 1 is 1.26 bits per heavy atom. The summed E-state index contributed by atoms with van der Waals surface area (Å²) in [6.07, 6.45) is 4.55. The molecule has 0 aliphatic carbocycles. The molecule has 214 valence electrons. The van der Waals surface area contributed by atoms with Crippen LogP contribution >= 0.6 is 11.6 Å². The number of carbonyl (C=O) groups is 2. The molecular weight excluding hydrogens is 515 g/mol. The number of likely N-dealkylation sites (tertiary alicyclic amines) is 1. The number of halogens is 2. The number of alkyl carbamates (subject to hydrolysis) is 1. The highest BCUT2D eigenvalue weighted by Crippen LogP contribution is 2.36. The predicted octanol–water partition coefficient (Wildman–Crippen LogP) is 4.11. The van der Waals surface area contributed by atoms with Crippen molar-refractivity contribution in [3.8, 4) is 0 Å². The number of piperidine rings is 1. The van der Waals surface area contributed by atoms with E-state index in [4.69, 9.17) is 21.1 Å². The minimum Gasteiger partial charge on any atom is -0.453 e. The summed E-state index contributed by atoms with van der Waals surface area (Å²) in [5.41, 5.74) is 0.351. The molecule has 9 nitrogen and oxygen atoms in total. The number of rotatable bonds is 11.